The second-order valence-corrected chi connectivity index (χ2v) is 12.5. The molecule has 0 radical (unpaired) electrons. The highest BCUT2D eigenvalue weighted by Crippen LogP contribution is 2.43. The Morgan fingerprint density at radius 3 is 1.69 bits per heavy atom. The van der Waals surface area contributed by atoms with Crippen molar-refractivity contribution in [2.24, 2.45) is 0 Å². The van der Waals surface area contributed by atoms with Crippen LogP contribution in [0.5, 0.6) is 0 Å². The van der Waals surface area contributed by atoms with E-state index in [2.05, 4.69) is 133 Å². The zero-order valence-corrected chi connectivity index (χ0v) is 26.5. The Hall–Kier alpha value is -6.58. The van der Waals surface area contributed by atoms with Gasteiger partial charge in [-0.3, -0.25) is 0 Å². The number of hydrogen-bond donors (Lipinski definition) is 0. The summed E-state index contributed by atoms with van der Waals surface area (Å²) >= 11 is 0. The summed E-state index contributed by atoms with van der Waals surface area (Å²) in [4.78, 5) is 10.2. The second-order valence-electron chi connectivity index (χ2n) is 12.5. The summed E-state index contributed by atoms with van der Waals surface area (Å²) in [5.41, 5.74) is 9.04. The quantitative estimate of drug-likeness (QED) is 0.183. The van der Waals surface area contributed by atoms with Gasteiger partial charge in [0.05, 0.1) is 11.4 Å². The molecule has 3 nitrogen and oxygen atoms in total. The molecule has 0 atom stereocenters. The van der Waals surface area contributed by atoms with E-state index in [1.807, 2.05) is 36.4 Å². The molecule has 0 aliphatic rings. The summed E-state index contributed by atoms with van der Waals surface area (Å²) < 4.78 is 6.19. The first-order valence-corrected chi connectivity index (χ1v) is 16.6. The first-order chi connectivity index (χ1) is 24.3. The van der Waals surface area contributed by atoms with E-state index in [9.17, 15) is 0 Å². The van der Waals surface area contributed by atoms with Crippen LogP contribution < -0.4 is 0 Å². The van der Waals surface area contributed by atoms with Gasteiger partial charge >= 0.3 is 0 Å². The number of hydrogen-bond acceptors (Lipinski definition) is 3. The van der Waals surface area contributed by atoms with Crippen LogP contribution in [0, 0.1) is 0 Å². The molecule has 10 rings (SSSR count). The minimum Gasteiger partial charge on any atom is -0.456 e. The molecule has 0 saturated carbocycles. The fraction of sp³-hybridized carbons (Fsp3) is 0. The lowest BCUT2D eigenvalue weighted by atomic mass is 9.88. The molecule has 3 heteroatoms. The fourth-order valence-electron chi connectivity index (χ4n) is 7.37. The van der Waals surface area contributed by atoms with Crippen LogP contribution in [-0.2, 0) is 0 Å². The summed E-state index contributed by atoms with van der Waals surface area (Å²) in [5, 5.41) is 9.60. The van der Waals surface area contributed by atoms with Crippen LogP contribution in [0.15, 0.2) is 174 Å². The Morgan fingerprint density at radius 2 is 0.898 bits per heavy atom. The lowest BCUT2D eigenvalue weighted by Crippen LogP contribution is -1.96. The molecule has 0 N–H and O–H groups in total. The van der Waals surface area contributed by atoms with E-state index < -0.39 is 0 Å². The predicted octanol–water partition coefficient (Wildman–Crippen LogP) is 12.5. The van der Waals surface area contributed by atoms with Gasteiger partial charge in [0, 0.05) is 27.5 Å². The van der Waals surface area contributed by atoms with Crippen LogP contribution in [0.4, 0.5) is 0 Å². The molecule has 2 heterocycles. The first-order valence-electron chi connectivity index (χ1n) is 16.6. The maximum absolute atomic E-state index is 6.19. The molecule has 0 spiro atoms. The van der Waals surface area contributed by atoms with Crippen LogP contribution in [0.3, 0.4) is 0 Å². The van der Waals surface area contributed by atoms with E-state index in [0.29, 0.717) is 5.82 Å². The largest absolute Gasteiger partial charge is 0.456 e. The van der Waals surface area contributed by atoms with E-state index in [1.54, 1.807) is 0 Å². The summed E-state index contributed by atoms with van der Waals surface area (Å²) in [6.45, 7) is 0. The number of aromatic nitrogens is 2. The molecule has 10 aromatic rings. The molecular formula is C46H28N2O. The van der Waals surface area contributed by atoms with Gasteiger partial charge in [-0.2, -0.15) is 0 Å². The van der Waals surface area contributed by atoms with Gasteiger partial charge in [0.1, 0.15) is 11.2 Å². The third-order valence-electron chi connectivity index (χ3n) is 9.67. The minimum absolute atomic E-state index is 0.710. The highest BCUT2D eigenvalue weighted by atomic mass is 16.3. The number of fused-ring (bicyclic) bond motifs is 9. The van der Waals surface area contributed by atoms with Crippen molar-refractivity contribution >= 4 is 54.3 Å². The fourth-order valence-corrected chi connectivity index (χ4v) is 7.37. The van der Waals surface area contributed by atoms with E-state index >= 15 is 0 Å². The van der Waals surface area contributed by atoms with Gasteiger partial charge in [-0.15, -0.1) is 0 Å². The van der Waals surface area contributed by atoms with Crippen LogP contribution in [-0.4, -0.2) is 9.97 Å². The highest BCUT2D eigenvalue weighted by Gasteiger charge is 2.17. The van der Waals surface area contributed by atoms with Crippen molar-refractivity contribution in [1.29, 1.82) is 0 Å². The van der Waals surface area contributed by atoms with E-state index in [0.717, 1.165) is 55.6 Å². The van der Waals surface area contributed by atoms with Gasteiger partial charge in [0.2, 0.25) is 0 Å². The van der Waals surface area contributed by atoms with Gasteiger partial charge in [0.15, 0.2) is 5.82 Å². The van der Waals surface area contributed by atoms with Crippen molar-refractivity contribution in [3.8, 4) is 45.0 Å². The molecule has 0 amide bonds. The summed E-state index contributed by atoms with van der Waals surface area (Å²) in [6, 6.07) is 59.8. The van der Waals surface area contributed by atoms with Crippen molar-refractivity contribution in [1.82, 2.24) is 9.97 Å². The number of furan rings is 1. The van der Waals surface area contributed by atoms with E-state index in [1.165, 1.54) is 37.9 Å². The van der Waals surface area contributed by atoms with E-state index in [-0.39, 0.29) is 0 Å². The summed E-state index contributed by atoms with van der Waals surface area (Å²) in [6.07, 6.45) is 0. The third-order valence-corrected chi connectivity index (χ3v) is 9.67. The highest BCUT2D eigenvalue weighted by molar-refractivity contribution is 6.29. The zero-order chi connectivity index (χ0) is 32.3. The monoisotopic (exact) mass is 624 g/mol. The molecule has 0 fully saturated rings. The number of benzene rings is 8. The van der Waals surface area contributed by atoms with Crippen molar-refractivity contribution < 1.29 is 4.42 Å². The van der Waals surface area contributed by atoms with Crippen LogP contribution in [0.2, 0.25) is 0 Å². The van der Waals surface area contributed by atoms with Crippen LogP contribution >= 0.6 is 0 Å². The average molecular weight is 625 g/mol. The number of rotatable bonds is 4. The minimum atomic E-state index is 0.710. The first kappa shape index (κ1) is 27.5. The Bertz CT molecular complexity index is 2810. The molecule has 49 heavy (non-hydrogen) atoms. The topological polar surface area (TPSA) is 38.9 Å². The third kappa shape index (κ3) is 4.51. The van der Waals surface area contributed by atoms with Gasteiger partial charge in [-0.1, -0.05) is 140 Å². The van der Waals surface area contributed by atoms with Crippen molar-refractivity contribution in [3.05, 3.63) is 170 Å². The zero-order valence-electron chi connectivity index (χ0n) is 26.5. The van der Waals surface area contributed by atoms with Gasteiger partial charge in [-0.25, -0.2) is 9.97 Å². The summed E-state index contributed by atoms with van der Waals surface area (Å²) in [5.74, 6) is 0.710. The molecule has 0 unspecified atom stereocenters. The molecule has 0 aliphatic heterocycles. The van der Waals surface area contributed by atoms with Gasteiger partial charge in [0.25, 0.3) is 0 Å². The number of para-hydroxylation sites is 1. The smallest absolute Gasteiger partial charge is 0.160 e. The standard InChI is InChI=1S/C46H28N2O/c1-3-12-29(13-4-1)41-28-42(48-46(47-41)30-14-5-2-6-15-30)32-22-24-36-34-16-7-8-17-35(34)38-20-11-19-33(45(38)40(36)27-32)31-23-25-44-39(26-31)37-18-9-10-21-43(37)49-44/h1-28H. The number of nitrogens with zero attached hydrogens (tertiary/aromatic N) is 2. The van der Waals surface area contributed by atoms with Crippen molar-refractivity contribution in [3.63, 3.8) is 0 Å². The lowest BCUT2D eigenvalue weighted by Gasteiger charge is -2.16. The Labute approximate surface area is 282 Å². The van der Waals surface area contributed by atoms with Gasteiger partial charge in [-0.05, 0) is 73.8 Å². The average Bonchev–Trinajstić information content (AvgIpc) is 3.56. The summed E-state index contributed by atoms with van der Waals surface area (Å²) in [7, 11) is 0. The van der Waals surface area contributed by atoms with Crippen molar-refractivity contribution in [2.75, 3.05) is 0 Å². The van der Waals surface area contributed by atoms with Crippen LogP contribution in [0.1, 0.15) is 0 Å². The maximum atomic E-state index is 6.19. The van der Waals surface area contributed by atoms with Crippen molar-refractivity contribution in [2.45, 2.75) is 0 Å². The Balaban J connectivity index is 1.26. The molecule has 0 saturated heterocycles. The Morgan fingerprint density at radius 1 is 0.327 bits per heavy atom. The van der Waals surface area contributed by atoms with Gasteiger partial charge < -0.3 is 4.42 Å². The predicted molar refractivity (Wildman–Crippen MR) is 204 cm³/mol. The molecule has 0 aliphatic carbocycles. The molecule has 0 bridgehead atoms. The molecular weight excluding hydrogens is 597 g/mol. The normalized spacial score (nSPS) is 11.7. The Kier molecular flexibility index (Phi) is 6.18. The maximum Gasteiger partial charge on any atom is 0.160 e. The SMILES string of the molecule is c1ccc(-c2cc(-c3ccc4c5ccccc5c5cccc(-c6ccc7oc8ccccc8c7c6)c5c4c3)nc(-c3ccccc3)n2)cc1. The van der Waals surface area contributed by atoms with E-state index in [4.69, 9.17) is 14.4 Å². The lowest BCUT2D eigenvalue weighted by molar-refractivity contribution is 0.669. The molecule has 228 valence electrons. The molecule has 2 aromatic heterocycles. The second kappa shape index (κ2) is 11.0. The molecule has 8 aromatic carbocycles. The van der Waals surface area contributed by atoms with Crippen LogP contribution in [0.25, 0.3) is 99.3 Å².